The number of nitrogens with two attached hydrogens (primary N) is 1. The van der Waals surface area contributed by atoms with E-state index in [1.54, 1.807) is 44.4 Å². The first-order valence-corrected chi connectivity index (χ1v) is 5.71. The molecule has 0 aliphatic rings. The molecule has 4 heteroatoms. The Hall–Kier alpha value is -1.65. The van der Waals surface area contributed by atoms with Crippen LogP contribution in [0.3, 0.4) is 0 Å². The van der Waals surface area contributed by atoms with Crippen molar-refractivity contribution in [2.24, 2.45) is 5.73 Å². The van der Waals surface area contributed by atoms with Crippen LogP contribution in [-0.2, 0) is 11.3 Å². The molecule has 1 heterocycles. The standard InChI is InChI=1S/C14H16FNO2/c1-9-4-3-5-11(13(9)15)14(16)12-7-6-10(18-12)8-17-2/h3-7,14H,8,16H2,1-2H3. The third kappa shape index (κ3) is 2.44. The fraction of sp³-hybridized carbons (Fsp3) is 0.286. The Morgan fingerprint density at radius 3 is 2.83 bits per heavy atom. The maximum atomic E-state index is 13.9. The predicted octanol–water partition coefficient (Wildman–Crippen LogP) is 2.92. The number of methoxy groups -OCH3 is 1. The summed E-state index contributed by atoms with van der Waals surface area (Å²) in [5.41, 5.74) is 7.03. The van der Waals surface area contributed by atoms with Gasteiger partial charge in [-0.3, -0.25) is 0 Å². The maximum Gasteiger partial charge on any atom is 0.131 e. The van der Waals surface area contributed by atoms with Crippen molar-refractivity contribution in [3.63, 3.8) is 0 Å². The molecule has 1 aromatic heterocycles. The quantitative estimate of drug-likeness (QED) is 0.906. The molecule has 2 rings (SSSR count). The monoisotopic (exact) mass is 249 g/mol. The van der Waals surface area contributed by atoms with Crippen LogP contribution in [-0.4, -0.2) is 7.11 Å². The smallest absolute Gasteiger partial charge is 0.131 e. The van der Waals surface area contributed by atoms with Crippen molar-refractivity contribution in [3.05, 3.63) is 58.8 Å². The lowest BCUT2D eigenvalue weighted by atomic mass is 10.0. The summed E-state index contributed by atoms with van der Waals surface area (Å²) in [4.78, 5) is 0. The fourth-order valence-corrected chi connectivity index (χ4v) is 1.85. The summed E-state index contributed by atoms with van der Waals surface area (Å²) < 4.78 is 24.4. The average Bonchev–Trinajstić information content (AvgIpc) is 2.81. The van der Waals surface area contributed by atoms with E-state index in [1.165, 1.54) is 0 Å². The van der Waals surface area contributed by atoms with Crippen LogP contribution in [0.25, 0.3) is 0 Å². The largest absolute Gasteiger partial charge is 0.462 e. The van der Waals surface area contributed by atoms with Crippen LogP contribution in [0.1, 0.15) is 28.7 Å². The second-order valence-electron chi connectivity index (χ2n) is 4.19. The first-order chi connectivity index (χ1) is 8.63. The highest BCUT2D eigenvalue weighted by atomic mass is 19.1. The number of halogens is 1. The molecule has 0 bridgehead atoms. The zero-order valence-electron chi connectivity index (χ0n) is 10.4. The Balaban J connectivity index is 2.29. The fourth-order valence-electron chi connectivity index (χ4n) is 1.85. The highest BCUT2D eigenvalue weighted by molar-refractivity contribution is 5.32. The molecule has 0 saturated heterocycles. The summed E-state index contributed by atoms with van der Waals surface area (Å²) in [5, 5.41) is 0. The minimum Gasteiger partial charge on any atom is -0.462 e. The van der Waals surface area contributed by atoms with Crippen LogP contribution < -0.4 is 5.73 Å². The first kappa shape index (κ1) is 12.8. The molecule has 0 spiro atoms. The van der Waals surface area contributed by atoms with Gasteiger partial charge in [0, 0.05) is 12.7 Å². The molecule has 18 heavy (non-hydrogen) atoms. The Bertz CT molecular complexity index is 536. The summed E-state index contributed by atoms with van der Waals surface area (Å²) in [5.74, 6) is 0.928. The number of benzene rings is 1. The van der Waals surface area contributed by atoms with Crippen LogP contribution in [0.15, 0.2) is 34.7 Å². The van der Waals surface area contributed by atoms with Gasteiger partial charge in [-0.25, -0.2) is 4.39 Å². The van der Waals surface area contributed by atoms with Crippen molar-refractivity contribution in [1.82, 2.24) is 0 Å². The lowest BCUT2D eigenvalue weighted by molar-refractivity contribution is 0.162. The zero-order valence-corrected chi connectivity index (χ0v) is 10.4. The van der Waals surface area contributed by atoms with E-state index in [4.69, 9.17) is 14.9 Å². The third-order valence-corrected chi connectivity index (χ3v) is 2.83. The van der Waals surface area contributed by atoms with Gasteiger partial charge < -0.3 is 14.9 Å². The van der Waals surface area contributed by atoms with Crippen LogP contribution in [0, 0.1) is 12.7 Å². The van der Waals surface area contributed by atoms with Crippen molar-refractivity contribution < 1.29 is 13.5 Å². The first-order valence-electron chi connectivity index (χ1n) is 5.71. The van der Waals surface area contributed by atoms with Crippen molar-refractivity contribution in [2.75, 3.05) is 7.11 Å². The van der Waals surface area contributed by atoms with E-state index >= 15 is 0 Å². The van der Waals surface area contributed by atoms with E-state index in [0.717, 1.165) is 0 Å². The number of hydrogen-bond donors (Lipinski definition) is 1. The number of hydrogen-bond acceptors (Lipinski definition) is 3. The summed E-state index contributed by atoms with van der Waals surface area (Å²) in [6.07, 6.45) is 0. The van der Waals surface area contributed by atoms with E-state index in [0.29, 0.717) is 29.3 Å². The van der Waals surface area contributed by atoms with Gasteiger partial charge in [0.1, 0.15) is 23.9 Å². The normalized spacial score (nSPS) is 12.7. The SMILES string of the molecule is COCc1ccc(C(N)c2cccc(C)c2F)o1. The molecule has 1 aromatic carbocycles. The van der Waals surface area contributed by atoms with Gasteiger partial charge in [0.25, 0.3) is 0 Å². The van der Waals surface area contributed by atoms with E-state index in [2.05, 4.69) is 0 Å². The van der Waals surface area contributed by atoms with Gasteiger partial charge in [0.05, 0.1) is 6.04 Å². The van der Waals surface area contributed by atoms with Crippen molar-refractivity contribution in [2.45, 2.75) is 19.6 Å². The predicted molar refractivity (Wildman–Crippen MR) is 66.6 cm³/mol. The topological polar surface area (TPSA) is 48.4 Å². The molecule has 0 fully saturated rings. The molecule has 0 radical (unpaired) electrons. The van der Waals surface area contributed by atoms with E-state index in [-0.39, 0.29) is 5.82 Å². The summed E-state index contributed by atoms with van der Waals surface area (Å²) in [6.45, 7) is 2.09. The van der Waals surface area contributed by atoms with Crippen molar-refractivity contribution in [3.8, 4) is 0 Å². The summed E-state index contributed by atoms with van der Waals surface area (Å²) in [7, 11) is 1.59. The summed E-state index contributed by atoms with van der Waals surface area (Å²) >= 11 is 0. The van der Waals surface area contributed by atoms with Gasteiger partial charge in [-0.15, -0.1) is 0 Å². The number of furan rings is 1. The van der Waals surface area contributed by atoms with Crippen molar-refractivity contribution in [1.29, 1.82) is 0 Å². The molecule has 1 atom stereocenters. The van der Waals surface area contributed by atoms with Crippen LogP contribution >= 0.6 is 0 Å². The molecule has 0 amide bonds. The molecule has 96 valence electrons. The number of aryl methyl sites for hydroxylation is 1. The number of rotatable bonds is 4. The highest BCUT2D eigenvalue weighted by Crippen LogP contribution is 2.25. The minimum absolute atomic E-state index is 0.283. The molecule has 0 aliphatic carbocycles. The molecule has 2 N–H and O–H groups in total. The van der Waals surface area contributed by atoms with Gasteiger partial charge in [0.15, 0.2) is 0 Å². The highest BCUT2D eigenvalue weighted by Gasteiger charge is 2.18. The Morgan fingerprint density at radius 2 is 2.11 bits per heavy atom. The molecular formula is C14H16FNO2. The van der Waals surface area contributed by atoms with Crippen LogP contribution in [0.4, 0.5) is 4.39 Å². The van der Waals surface area contributed by atoms with Gasteiger partial charge in [-0.1, -0.05) is 18.2 Å². The molecule has 0 saturated carbocycles. The molecular weight excluding hydrogens is 233 g/mol. The lowest BCUT2D eigenvalue weighted by Gasteiger charge is -2.11. The van der Waals surface area contributed by atoms with Crippen LogP contribution in [0.5, 0.6) is 0 Å². The Morgan fingerprint density at radius 1 is 1.33 bits per heavy atom. The zero-order chi connectivity index (χ0) is 13.1. The van der Waals surface area contributed by atoms with Gasteiger partial charge >= 0.3 is 0 Å². The second kappa shape index (κ2) is 5.33. The van der Waals surface area contributed by atoms with Crippen LogP contribution in [0.2, 0.25) is 0 Å². The van der Waals surface area contributed by atoms with E-state index < -0.39 is 6.04 Å². The van der Waals surface area contributed by atoms with E-state index in [9.17, 15) is 4.39 Å². The Kier molecular flexibility index (Phi) is 3.79. The molecule has 2 aromatic rings. The van der Waals surface area contributed by atoms with Gasteiger partial charge in [-0.05, 0) is 24.6 Å². The van der Waals surface area contributed by atoms with Crippen molar-refractivity contribution >= 4 is 0 Å². The minimum atomic E-state index is -0.601. The number of ether oxygens (including phenoxy) is 1. The molecule has 3 nitrogen and oxygen atoms in total. The van der Waals surface area contributed by atoms with Gasteiger partial charge in [-0.2, -0.15) is 0 Å². The van der Waals surface area contributed by atoms with E-state index in [1.807, 2.05) is 0 Å². The average molecular weight is 249 g/mol. The second-order valence-corrected chi connectivity index (χ2v) is 4.19. The lowest BCUT2D eigenvalue weighted by Crippen LogP contribution is -2.13. The molecule has 1 unspecified atom stereocenters. The third-order valence-electron chi connectivity index (χ3n) is 2.83. The Labute approximate surface area is 105 Å². The van der Waals surface area contributed by atoms with Gasteiger partial charge in [0.2, 0.25) is 0 Å². The summed E-state index contributed by atoms with van der Waals surface area (Å²) in [6, 6.07) is 8.10. The molecule has 0 aliphatic heterocycles. The maximum absolute atomic E-state index is 13.9.